The maximum absolute atomic E-state index is 11.9. The molecule has 5 aromatic rings. The standard InChI is InChI=1S/C24H22N6O2/c1-14-19(13-16-8-7-9-17(12-16)23(31)32-4)15(2)30(28-14)24-25-22-21(26-27-24)18-10-5-6-11-20(18)29(22)3/h5-12H,13H2,1-4H3. The molecule has 2 aromatic carbocycles. The van der Waals surface area contributed by atoms with E-state index in [1.54, 1.807) is 10.7 Å². The van der Waals surface area contributed by atoms with E-state index in [1.165, 1.54) is 7.11 Å². The molecule has 0 unspecified atom stereocenters. The Bertz CT molecular complexity index is 1500. The van der Waals surface area contributed by atoms with Gasteiger partial charge >= 0.3 is 5.97 Å². The summed E-state index contributed by atoms with van der Waals surface area (Å²) in [6.45, 7) is 3.96. The van der Waals surface area contributed by atoms with Gasteiger partial charge in [0, 0.05) is 30.1 Å². The number of esters is 1. The maximum atomic E-state index is 11.9. The van der Waals surface area contributed by atoms with E-state index in [-0.39, 0.29) is 5.97 Å². The summed E-state index contributed by atoms with van der Waals surface area (Å²) in [5.41, 5.74) is 7.00. The van der Waals surface area contributed by atoms with Crippen LogP contribution in [0.1, 0.15) is 32.9 Å². The molecule has 8 heteroatoms. The van der Waals surface area contributed by atoms with E-state index >= 15 is 0 Å². The second kappa shape index (κ2) is 7.56. The number of aromatic nitrogens is 6. The van der Waals surface area contributed by atoms with Gasteiger partial charge in [0.1, 0.15) is 5.52 Å². The molecule has 0 aliphatic carbocycles. The number of carbonyl (C=O) groups is 1. The number of aryl methyl sites for hydroxylation is 2. The lowest BCUT2D eigenvalue weighted by molar-refractivity contribution is 0.0600. The van der Waals surface area contributed by atoms with E-state index in [2.05, 4.69) is 10.2 Å². The van der Waals surface area contributed by atoms with Crippen LogP contribution >= 0.6 is 0 Å². The molecular weight excluding hydrogens is 404 g/mol. The topological polar surface area (TPSA) is 87.7 Å². The molecule has 32 heavy (non-hydrogen) atoms. The molecule has 0 spiro atoms. The van der Waals surface area contributed by atoms with Crippen LogP contribution in [-0.2, 0) is 18.2 Å². The third kappa shape index (κ3) is 3.11. The van der Waals surface area contributed by atoms with Crippen molar-refractivity contribution in [2.75, 3.05) is 7.11 Å². The summed E-state index contributed by atoms with van der Waals surface area (Å²) in [6.07, 6.45) is 0.631. The number of ether oxygens (including phenoxy) is 1. The minimum absolute atomic E-state index is 0.348. The fourth-order valence-electron chi connectivity index (χ4n) is 4.14. The van der Waals surface area contributed by atoms with Gasteiger partial charge in [-0.3, -0.25) is 0 Å². The van der Waals surface area contributed by atoms with Gasteiger partial charge in [-0.15, -0.1) is 10.2 Å². The quantitative estimate of drug-likeness (QED) is 0.407. The zero-order chi connectivity index (χ0) is 22.4. The molecule has 0 saturated heterocycles. The second-order valence-corrected chi connectivity index (χ2v) is 7.79. The van der Waals surface area contributed by atoms with Crippen molar-refractivity contribution < 1.29 is 9.53 Å². The highest BCUT2D eigenvalue weighted by Gasteiger charge is 2.18. The molecule has 5 rings (SSSR count). The van der Waals surface area contributed by atoms with Gasteiger partial charge in [-0.25, -0.2) is 9.48 Å². The van der Waals surface area contributed by atoms with Gasteiger partial charge in [0.2, 0.25) is 0 Å². The zero-order valence-corrected chi connectivity index (χ0v) is 18.3. The molecule has 0 aliphatic rings. The van der Waals surface area contributed by atoms with Crippen LogP contribution in [0.4, 0.5) is 0 Å². The fourth-order valence-corrected chi connectivity index (χ4v) is 4.14. The Hall–Kier alpha value is -4.07. The number of fused-ring (bicyclic) bond motifs is 3. The Morgan fingerprint density at radius 1 is 1.06 bits per heavy atom. The number of hydrogen-bond acceptors (Lipinski definition) is 6. The van der Waals surface area contributed by atoms with Gasteiger partial charge in [0.05, 0.1) is 23.9 Å². The number of hydrogen-bond donors (Lipinski definition) is 0. The van der Waals surface area contributed by atoms with E-state index in [0.717, 1.165) is 44.6 Å². The Morgan fingerprint density at radius 3 is 2.69 bits per heavy atom. The molecule has 160 valence electrons. The lowest BCUT2D eigenvalue weighted by Crippen LogP contribution is -2.08. The van der Waals surface area contributed by atoms with Crippen LogP contribution < -0.4 is 0 Å². The van der Waals surface area contributed by atoms with Crippen LogP contribution in [0.5, 0.6) is 0 Å². The minimum Gasteiger partial charge on any atom is -0.465 e. The van der Waals surface area contributed by atoms with Crippen molar-refractivity contribution >= 4 is 28.0 Å². The SMILES string of the molecule is COC(=O)c1cccc(Cc2c(C)nn(-c3nnc4c5ccccc5n(C)c4n3)c2C)c1. The average molecular weight is 426 g/mol. The number of para-hydroxylation sites is 1. The van der Waals surface area contributed by atoms with E-state index in [9.17, 15) is 4.79 Å². The van der Waals surface area contributed by atoms with Crippen molar-refractivity contribution in [3.05, 3.63) is 76.6 Å². The van der Waals surface area contributed by atoms with Gasteiger partial charge in [-0.1, -0.05) is 30.3 Å². The lowest BCUT2D eigenvalue weighted by Gasteiger charge is -2.06. The first-order chi connectivity index (χ1) is 15.5. The lowest BCUT2D eigenvalue weighted by atomic mass is 10.0. The molecule has 0 amide bonds. The summed E-state index contributed by atoms with van der Waals surface area (Å²) < 4.78 is 8.59. The van der Waals surface area contributed by atoms with E-state index in [1.807, 2.05) is 67.9 Å². The molecule has 0 saturated carbocycles. The average Bonchev–Trinajstić information content (AvgIpc) is 3.27. The van der Waals surface area contributed by atoms with Crippen molar-refractivity contribution in [3.63, 3.8) is 0 Å². The first-order valence-electron chi connectivity index (χ1n) is 10.3. The summed E-state index contributed by atoms with van der Waals surface area (Å²) in [5, 5.41) is 14.6. The van der Waals surface area contributed by atoms with E-state index < -0.39 is 0 Å². The summed E-state index contributed by atoms with van der Waals surface area (Å²) in [7, 11) is 3.36. The molecule has 0 bridgehead atoms. The van der Waals surface area contributed by atoms with Crippen LogP contribution in [-0.4, -0.2) is 42.6 Å². The Labute approximate surface area is 184 Å². The second-order valence-electron chi connectivity index (χ2n) is 7.79. The fraction of sp³-hybridized carbons (Fsp3) is 0.208. The zero-order valence-electron chi connectivity index (χ0n) is 18.3. The number of nitrogens with zero attached hydrogens (tertiary/aromatic N) is 6. The number of methoxy groups -OCH3 is 1. The molecule has 0 N–H and O–H groups in total. The molecule has 3 heterocycles. The molecule has 0 radical (unpaired) electrons. The predicted molar refractivity (Wildman–Crippen MR) is 121 cm³/mol. The monoisotopic (exact) mass is 426 g/mol. The smallest absolute Gasteiger partial charge is 0.337 e. The summed E-state index contributed by atoms with van der Waals surface area (Å²) in [5.74, 6) is 0.0808. The highest BCUT2D eigenvalue weighted by atomic mass is 16.5. The molecule has 8 nitrogen and oxygen atoms in total. The van der Waals surface area contributed by atoms with Crippen molar-refractivity contribution in [2.45, 2.75) is 20.3 Å². The number of rotatable bonds is 4. The van der Waals surface area contributed by atoms with Crippen LogP contribution in [0.2, 0.25) is 0 Å². The molecule has 0 atom stereocenters. The Kier molecular flexibility index (Phi) is 4.70. The molecule has 0 fully saturated rings. The van der Waals surface area contributed by atoms with Crippen LogP contribution in [0.25, 0.3) is 28.0 Å². The third-order valence-electron chi connectivity index (χ3n) is 5.85. The van der Waals surface area contributed by atoms with Crippen molar-refractivity contribution in [1.82, 2.24) is 29.5 Å². The number of carbonyl (C=O) groups excluding carboxylic acids is 1. The van der Waals surface area contributed by atoms with Crippen LogP contribution in [0.3, 0.4) is 0 Å². The van der Waals surface area contributed by atoms with Gasteiger partial charge < -0.3 is 9.30 Å². The van der Waals surface area contributed by atoms with Crippen LogP contribution in [0.15, 0.2) is 48.5 Å². The minimum atomic E-state index is -0.348. The highest BCUT2D eigenvalue weighted by molar-refractivity contribution is 6.04. The summed E-state index contributed by atoms with van der Waals surface area (Å²) in [6, 6.07) is 15.5. The Balaban J connectivity index is 1.56. The van der Waals surface area contributed by atoms with Gasteiger partial charge in [0.25, 0.3) is 5.95 Å². The third-order valence-corrected chi connectivity index (χ3v) is 5.85. The van der Waals surface area contributed by atoms with Gasteiger partial charge in [-0.2, -0.15) is 10.1 Å². The van der Waals surface area contributed by atoms with Crippen molar-refractivity contribution in [1.29, 1.82) is 0 Å². The highest BCUT2D eigenvalue weighted by Crippen LogP contribution is 2.26. The Morgan fingerprint density at radius 2 is 1.88 bits per heavy atom. The van der Waals surface area contributed by atoms with E-state index in [4.69, 9.17) is 14.8 Å². The molecule has 3 aromatic heterocycles. The predicted octanol–water partition coefficient (Wildman–Crippen LogP) is 3.70. The molecular formula is C24H22N6O2. The van der Waals surface area contributed by atoms with Crippen molar-refractivity contribution in [3.8, 4) is 5.95 Å². The first-order valence-corrected chi connectivity index (χ1v) is 10.3. The normalized spacial score (nSPS) is 11.4. The first kappa shape index (κ1) is 19.9. The van der Waals surface area contributed by atoms with Crippen LogP contribution in [0, 0.1) is 13.8 Å². The maximum Gasteiger partial charge on any atom is 0.337 e. The summed E-state index contributed by atoms with van der Waals surface area (Å²) in [4.78, 5) is 16.7. The summed E-state index contributed by atoms with van der Waals surface area (Å²) >= 11 is 0. The van der Waals surface area contributed by atoms with Crippen molar-refractivity contribution in [2.24, 2.45) is 7.05 Å². The van der Waals surface area contributed by atoms with E-state index in [0.29, 0.717) is 17.9 Å². The largest absolute Gasteiger partial charge is 0.465 e. The molecule has 0 aliphatic heterocycles. The van der Waals surface area contributed by atoms with Gasteiger partial charge in [-0.05, 0) is 37.6 Å². The van der Waals surface area contributed by atoms with Gasteiger partial charge in [0.15, 0.2) is 5.65 Å². The number of benzene rings is 2.